The molecule has 2 heterocycles. The van der Waals surface area contributed by atoms with E-state index in [1.54, 1.807) is 7.11 Å². The van der Waals surface area contributed by atoms with Crippen LogP contribution < -0.4 is 5.32 Å². The molecule has 0 amide bonds. The lowest BCUT2D eigenvalue weighted by atomic mass is 9.81. The molecule has 2 rings (SSSR count). The maximum Gasteiger partial charge on any atom is 0.0641 e. The number of rotatable bonds is 4. The Morgan fingerprint density at radius 2 is 2.24 bits per heavy atom. The molecule has 3 unspecified atom stereocenters. The van der Waals surface area contributed by atoms with E-state index in [1.165, 1.54) is 45.4 Å². The van der Waals surface area contributed by atoms with Crippen LogP contribution in [0.3, 0.4) is 0 Å². The molecule has 2 saturated heterocycles. The van der Waals surface area contributed by atoms with Crippen molar-refractivity contribution in [2.45, 2.75) is 38.6 Å². The van der Waals surface area contributed by atoms with Gasteiger partial charge in [-0.3, -0.25) is 0 Å². The smallest absolute Gasteiger partial charge is 0.0641 e. The Labute approximate surface area is 106 Å². The van der Waals surface area contributed by atoms with Crippen LogP contribution in [0.1, 0.15) is 33.1 Å². The van der Waals surface area contributed by atoms with Crippen molar-refractivity contribution >= 4 is 0 Å². The topological polar surface area (TPSA) is 24.5 Å². The Morgan fingerprint density at radius 1 is 1.41 bits per heavy atom. The van der Waals surface area contributed by atoms with Gasteiger partial charge in [-0.25, -0.2) is 0 Å². The fourth-order valence-electron chi connectivity index (χ4n) is 3.63. The lowest BCUT2D eigenvalue weighted by Gasteiger charge is -2.35. The molecule has 1 N–H and O–H groups in total. The molecule has 0 saturated carbocycles. The Bertz CT molecular complexity index is 246. The first-order valence-electron chi connectivity index (χ1n) is 7.13. The van der Waals surface area contributed by atoms with E-state index in [0.717, 1.165) is 18.4 Å². The Morgan fingerprint density at radius 3 is 2.94 bits per heavy atom. The fraction of sp³-hybridized carbons (Fsp3) is 1.00. The lowest BCUT2D eigenvalue weighted by molar-refractivity contribution is 0.115. The molecular formula is C14H28N2O. The summed E-state index contributed by atoms with van der Waals surface area (Å²) in [4.78, 5) is 2.61. The van der Waals surface area contributed by atoms with Crippen molar-refractivity contribution in [3.8, 4) is 0 Å². The molecule has 3 nitrogen and oxygen atoms in total. The van der Waals surface area contributed by atoms with Gasteiger partial charge >= 0.3 is 0 Å². The average molecular weight is 240 g/mol. The Kier molecular flexibility index (Phi) is 4.45. The molecule has 2 fully saturated rings. The molecule has 3 heteroatoms. The van der Waals surface area contributed by atoms with E-state index >= 15 is 0 Å². The highest BCUT2D eigenvalue weighted by Crippen LogP contribution is 2.34. The SMILES string of the molecule is CCN1CCCC(C2CNC(C)(COC)C2)C1. The molecule has 17 heavy (non-hydrogen) atoms. The van der Waals surface area contributed by atoms with Gasteiger partial charge in [0.05, 0.1) is 6.61 Å². The van der Waals surface area contributed by atoms with E-state index in [-0.39, 0.29) is 5.54 Å². The number of nitrogens with one attached hydrogen (secondary N) is 1. The second kappa shape index (κ2) is 5.68. The monoisotopic (exact) mass is 240 g/mol. The highest BCUT2D eigenvalue weighted by Gasteiger charge is 2.39. The highest BCUT2D eigenvalue weighted by atomic mass is 16.5. The van der Waals surface area contributed by atoms with Gasteiger partial charge in [0, 0.05) is 19.2 Å². The molecule has 2 aliphatic heterocycles. The van der Waals surface area contributed by atoms with Gasteiger partial charge < -0.3 is 15.0 Å². The van der Waals surface area contributed by atoms with Crippen molar-refractivity contribution < 1.29 is 4.74 Å². The molecule has 0 aromatic rings. The van der Waals surface area contributed by atoms with Crippen LogP contribution in [-0.4, -0.2) is 50.3 Å². The summed E-state index contributed by atoms with van der Waals surface area (Å²) in [5.41, 5.74) is 0.216. The van der Waals surface area contributed by atoms with Crippen LogP contribution in [0.5, 0.6) is 0 Å². The number of methoxy groups -OCH3 is 1. The summed E-state index contributed by atoms with van der Waals surface area (Å²) in [6.45, 7) is 10.4. The first kappa shape index (κ1) is 13.3. The normalized spacial score (nSPS) is 39.7. The van der Waals surface area contributed by atoms with E-state index in [0.29, 0.717) is 0 Å². The van der Waals surface area contributed by atoms with Gasteiger partial charge in [-0.2, -0.15) is 0 Å². The molecule has 2 aliphatic rings. The summed E-state index contributed by atoms with van der Waals surface area (Å²) in [5, 5.41) is 3.67. The molecule has 0 bridgehead atoms. The van der Waals surface area contributed by atoms with Crippen LogP contribution in [0.4, 0.5) is 0 Å². The van der Waals surface area contributed by atoms with Crippen LogP contribution in [0.2, 0.25) is 0 Å². The van der Waals surface area contributed by atoms with Gasteiger partial charge in [-0.1, -0.05) is 6.92 Å². The molecule has 100 valence electrons. The number of likely N-dealkylation sites (tertiary alicyclic amines) is 1. The molecule has 0 aliphatic carbocycles. The number of hydrogen-bond acceptors (Lipinski definition) is 3. The van der Waals surface area contributed by atoms with E-state index in [9.17, 15) is 0 Å². The van der Waals surface area contributed by atoms with Gasteiger partial charge in [0.15, 0.2) is 0 Å². The van der Waals surface area contributed by atoms with Crippen LogP contribution in [-0.2, 0) is 4.74 Å². The third kappa shape index (κ3) is 3.21. The maximum atomic E-state index is 5.33. The third-order valence-electron chi connectivity index (χ3n) is 4.62. The maximum absolute atomic E-state index is 5.33. The van der Waals surface area contributed by atoms with E-state index in [4.69, 9.17) is 4.74 Å². The van der Waals surface area contributed by atoms with Crippen molar-refractivity contribution in [3.63, 3.8) is 0 Å². The predicted octanol–water partition coefficient (Wildman–Crippen LogP) is 1.73. The zero-order chi connectivity index (χ0) is 12.3. The molecular weight excluding hydrogens is 212 g/mol. The summed E-state index contributed by atoms with van der Waals surface area (Å²) in [6.07, 6.45) is 4.09. The van der Waals surface area contributed by atoms with E-state index in [1.807, 2.05) is 0 Å². The van der Waals surface area contributed by atoms with Crippen molar-refractivity contribution in [2.24, 2.45) is 11.8 Å². The Balaban J connectivity index is 1.87. The third-order valence-corrected chi connectivity index (χ3v) is 4.62. The van der Waals surface area contributed by atoms with Crippen molar-refractivity contribution in [1.29, 1.82) is 0 Å². The first-order valence-corrected chi connectivity index (χ1v) is 7.13. The van der Waals surface area contributed by atoms with Gasteiger partial charge in [-0.05, 0) is 57.7 Å². The Hall–Kier alpha value is -0.120. The van der Waals surface area contributed by atoms with Crippen LogP contribution in [0.25, 0.3) is 0 Å². The molecule has 0 aromatic heterocycles. The number of hydrogen-bond donors (Lipinski definition) is 1. The first-order chi connectivity index (χ1) is 8.17. The largest absolute Gasteiger partial charge is 0.383 e. The standard InChI is InChI=1S/C14H28N2O/c1-4-16-7-5-6-12(10-16)13-8-14(2,11-17-3)15-9-13/h12-13,15H,4-11H2,1-3H3. The number of piperidine rings is 1. The zero-order valence-electron chi connectivity index (χ0n) is 11.7. The molecule has 0 spiro atoms. The number of nitrogens with zero attached hydrogens (tertiary/aromatic N) is 1. The van der Waals surface area contributed by atoms with Crippen molar-refractivity contribution in [2.75, 3.05) is 39.9 Å². The number of ether oxygens (including phenoxy) is 1. The zero-order valence-corrected chi connectivity index (χ0v) is 11.7. The summed E-state index contributed by atoms with van der Waals surface area (Å²) >= 11 is 0. The van der Waals surface area contributed by atoms with Gasteiger partial charge in [0.1, 0.15) is 0 Å². The summed E-state index contributed by atoms with van der Waals surface area (Å²) in [5.74, 6) is 1.75. The van der Waals surface area contributed by atoms with Crippen LogP contribution >= 0.6 is 0 Å². The summed E-state index contributed by atoms with van der Waals surface area (Å²) in [6, 6.07) is 0. The van der Waals surface area contributed by atoms with Gasteiger partial charge in [-0.15, -0.1) is 0 Å². The van der Waals surface area contributed by atoms with Crippen molar-refractivity contribution in [3.05, 3.63) is 0 Å². The minimum absolute atomic E-state index is 0.216. The summed E-state index contributed by atoms with van der Waals surface area (Å²) in [7, 11) is 1.81. The van der Waals surface area contributed by atoms with Gasteiger partial charge in [0.2, 0.25) is 0 Å². The second-order valence-electron chi connectivity index (χ2n) is 6.13. The molecule has 0 radical (unpaired) electrons. The second-order valence-corrected chi connectivity index (χ2v) is 6.13. The molecule has 0 aromatic carbocycles. The summed E-state index contributed by atoms with van der Waals surface area (Å²) < 4.78 is 5.33. The highest BCUT2D eigenvalue weighted by molar-refractivity contribution is 4.96. The van der Waals surface area contributed by atoms with Crippen LogP contribution in [0, 0.1) is 11.8 Å². The van der Waals surface area contributed by atoms with E-state index < -0.39 is 0 Å². The van der Waals surface area contributed by atoms with Crippen molar-refractivity contribution in [1.82, 2.24) is 10.2 Å². The molecule has 3 atom stereocenters. The lowest BCUT2D eigenvalue weighted by Crippen LogP contribution is -2.40. The quantitative estimate of drug-likeness (QED) is 0.810. The van der Waals surface area contributed by atoms with Crippen LogP contribution in [0.15, 0.2) is 0 Å². The fourth-order valence-corrected chi connectivity index (χ4v) is 3.63. The average Bonchev–Trinajstić information content (AvgIpc) is 2.72. The van der Waals surface area contributed by atoms with E-state index in [2.05, 4.69) is 24.1 Å². The minimum Gasteiger partial charge on any atom is -0.383 e. The minimum atomic E-state index is 0.216. The predicted molar refractivity (Wildman–Crippen MR) is 71.2 cm³/mol. The van der Waals surface area contributed by atoms with Gasteiger partial charge in [0.25, 0.3) is 0 Å².